The Hall–Kier alpha value is -3.06. The molecule has 1 saturated heterocycles. The van der Waals surface area contributed by atoms with Crippen LogP contribution in [0.25, 0.3) is 0 Å². The zero-order chi connectivity index (χ0) is 26.4. The number of hydrogen-bond donors (Lipinski definition) is 1. The van der Waals surface area contributed by atoms with Gasteiger partial charge in [-0.15, -0.1) is 0 Å². The van der Waals surface area contributed by atoms with Gasteiger partial charge in [-0.05, 0) is 26.7 Å². The van der Waals surface area contributed by atoms with Crippen molar-refractivity contribution in [3.8, 4) is 0 Å². The second kappa shape index (κ2) is 8.95. The van der Waals surface area contributed by atoms with Gasteiger partial charge in [-0.25, -0.2) is 9.59 Å². The van der Waals surface area contributed by atoms with Crippen molar-refractivity contribution in [2.75, 3.05) is 0 Å². The SMILES string of the molecule is C=C(C)C(=O)O.C=C(C)C(=O)OC1C2CC3C1OC(=O)C3(C(=O)OC(C(F)(F)F)C(F)(F)F)C2. The van der Waals surface area contributed by atoms with Crippen molar-refractivity contribution >= 4 is 23.9 Å². The molecule has 190 valence electrons. The van der Waals surface area contributed by atoms with E-state index in [1.165, 1.54) is 13.8 Å². The average molecular weight is 502 g/mol. The monoisotopic (exact) mass is 502 g/mol. The zero-order valence-corrected chi connectivity index (χ0v) is 17.8. The standard InChI is InChI=1S/C16H14F6O6.C4H6O2/c1-5(2)10(23)26-8-6-3-7-9(8)27-12(24)14(7,4-6)13(25)28-11(15(17,18)19)16(20,21)22;1-3(2)4(5)6/h6-9,11H,1,3-4H2,2H3;1H2,2H3,(H,5,6). The molecule has 34 heavy (non-hydrogen) atoms. The second-order valence-corrected chi connectivity index (χ2v) is 8.25. The van der Waals surface area contributed by atoms with E-state index in [9.17, 15) is 45.5 Å². The summed E-state index contributed by atoms with van der Waals surface area (Å²) in [6.07, 6.45) is -18.6. The molecule has 8 nitrogen and oxygen atoms in total. The molecular weight excluding hydrogens is 482 g/mol. The zero-order valence-electron chi connectivity index (χ0n) is 17.8. The summed E-state index contributed by atoms with van der Waals surface area (Å²) in [4.78, 5) is 45.9. The molecule has 1 N–H and O–H groups in total. The van der Waals surface area contributed by atoms with Gasteiger partial charge in [-0.3, -0.25) is 9.59 Å². The van der Waals surface area contributed by atoms with Crippen LogP contribution < -0.4 is 0 Å². The first-order chi connectivity index (χ1) is 15.3. The maximum Gasteiger partial charge on any atom is 0.434 e. The van der Waals surface area contributed by atoms with Crippen molar-refractivity contribution in [1.29, 1.82) is 0 Å². The molecule has 0 radical (unpaired) electrons. The van der Waals surface area contributed by atoms with Crippen molar-refractivity contribution in [2.24, 2.45) is 17.3 Å². The van der Waals surface area contributed by atoms with Gasteiger partial charge in [0, 0.05) is 23.0 Å². The summed E-state index contributed by atoms with van der Waals surface area (Å²) < 4.78 is 90.1. The van der Waals surface area contributed by atoms with Gasteiger partial charge in [0.15, 0.2) is 5.41 Å². The highest BCUT2D eigenvalue weighted by Gasteiger charge is 2.76. The lowest BCUT2D eigenvalue weighted by molar-refractivity contribution is -0.315. The van der Waals surface area contributed by atoms with Crippen LogP contribution in [0.5, 0.6) is 0 Å². The summed E-state index contributed by atoms with van der Waals surface area (Å²) in [5.74, 6) is -6.61. The van der Waals surface area contributed by atoms with E-state index in [1.54, 1.807) is 0 Å². The normalized spacial score (nSPS) is 29.1. The summed E-state index contributed by atoms with van der Waals surface area (Å²) in [7, 11) is 0. The third-order valence-electron chi connectivity index (χ3n) is 5.71. The van der Waals surface area contributed by atoms with Crippen molar-refractivity contribution in [1.82, 2.24) is 0 Å². The molecule has 1 heterocycles. The summed E-state index contributed by atoms with van der Waals surface area (Å²) in [6.45, 7) is 9.36. The maximum atomic E-state index is 12.7. The number of alkyl halides is 6. The molecule has 2 saturated carbocycles. The lowest BCUT2D eigenvalue weighted by Crippen LogP contribution is -2.51. The Bertz CT molecular complexity index is 897. The Kier molecular flexibility index (Phi) is 7.15. The van der Waals surface area contributed by atoms with Crippen molar-refractivity contribution in [2.45, 2.75) is 57.4 Å². The fourth-order valence-electron chi connectivity index (χ4n) is 4.19. The Labute approximate surface area is 188 Å². The molecule has 5 atom stereocenters. The van der Waals surface area contributed by atoms with Crippen molar-refractivity contribution in [3.05, 3.63) is 24.3 Å². The number of hydrogen-bond acceptors (Lipinski definition) is 7. The fourth-order valence-corrected chi connectivity index (χ4v) is 4.19. The van der Waals surface area contributed by atoms with E-state index in [2.05, 4.69) is 17.9 Å². The van der Waals surface area contributed by atoms with Gasteiger partial charge in [0.05, 0.1) is 0 Å². The van der Waals surface area contributed by atoms with Gasteiger partial charge < -0.3 is 19.3 Å². The minimum Gasteiger partial charge on any atom is -0.478 e. The number of carboxylic acid groups (broad SMARTS) is 1. The largest absolute Gasteiger partial charge is 0.478 e. The first kappa shape index (κ1) is 27.2. The molecule has 0 aromatic carbocycles. The second-order valence-electron chi connectivity index (χ2n) is 8.25. The molecule has 1 aliphatic heterocycles. The third-order valence-corrected chi connectivity index (χ3v) is 5.71. The van der Waals surface area contributed by atoms with Crippen LogP contribution in [0.1, 0.15) is 26.7 Å². The van der Waals surface area contributed by atoms with Crippen LogP contribution in [0.4, 0.5) is 26.3 Å². The number of carboxylic acids is 1. The predicted octanol–water partition coefficient (Wildman–Crippen LogP) is 3.11. The number of fused-ring (bicyclic) bond motifs is 1. The van der Waals surface area contributed by atoms with E-state index in [4.69, 9.17) is 14.6 Å². The number of carbonyl (C=O) groups is 4. The Morgan fingerprint density at radius 3 is 2.00 bits per heavy atom. The van der Waals surface area contributed by atoms with Crippen LogP contribution >= 0.6 is 0 Å². The minimum absolute atomic E-state index is 0.0518. The van der Waals surface area contributed by atoms with E-state index < -0.39 is 78.2 Å². The van der Waals surface area contributed by atoms with E-state index in [-0.39, 0.29) is 17.6 Å². The van der Waals surface area contributed by atoms with E-state index in [1.807, 2.05) is 0 Å². The lowest BCUT2D eigenvalue weighted by Gasteiger charge is -2.32. The molecule has 2 bridgehead atoms. The highest BCUT2D eigenvalue weighted by Crippen LogP contribution is 2.63. The van der Waals surface area contributed by atoms with Gasteiger partial charge in [0.25, 0.3) is 6.10 Å². The molecule has 14 heteroatoms. The molecule has 0 spiro atoms. The number of ether oxygens (including phenoxy) is 3. The fraction of sp³-hybridized carbons (Fsp3) is 0.600. The summed E-state index contributed by atoms with van der Waals surface area (Å²) >= 11 is 0. The van der Waals surface area contributed by atoms with Crippen LogP contribution in [-0.4, -0.2) is 59.6 Å². The maximum absolute atomic E-state index is 12.7. The molecule has 0 amide bonds. The van der Waals surface area contributed by atoms with E-state index in [0.717, 1.165) is 0 Å². The number of aliphatic carboxylic acids is 1. The Morgan fingerprint density at radius 2 is 1.59 bits per heavy atom. The quantitative estimate of drug-likeness (QED) is 0.201. The average Bonchev–Trinajstić information content (AvgIpc) is 3.26. The number of rotatable bonds is 5. The van der Waals surface area contributed by atoms with Crippen LogP contribution in [0.15, 0.2) is 24.3 Å². The number of esters is 3. The van der Waals surface area contributed by atoms with E-state index >= 15 is 0 Å². The summed E-state index contributed by atoms with van der Waals surface area (Å²) in [5, 5.41) is 7.89. The molecule has 3 aliphatic rings. The molecule has 2 aliphatic carbocycles. The van der Waals surface area contributed by atoms with E-state index in [0.29, 0.717) is 0 Å². The minimum atomic E-state index is -5.90. The first-order valence-corrected chi connectivity index (χ1v) is 9.64. The number of halogens is 6. The highest BCUT2D eigenvalue weighted by atomic mass is 19.4. The Balaban J connectivity index is 0.000000604. The molecular formula is C20H20F6O8. The van der Waals surface area contributed by atoms with Gasteiger partial charge in [-0.1, -0.05) is 13.2 Å². The molecule has 3 fully saturated rings. The Morgan fingerprint density at radius 1 is 1.09 bits per heavy atom. The molecule has 0 aromatic heterocycles. The van der Waals surface area contributed by atoms with Crippen molar-refractivity contribution < 1.29 is 64.8 Å². The van der Waals surface area contributed by atoms with Gasteiger partial charge in [-0.2, -0.15) is 26.3 Å². The molecule has 3 rings (SSSR count). The smallest absolute Gasteiger partial charge is 0.434 e. The van der Waals surface area contributed by atoms with Crippen molar-refractivity contribution in [3.63, 3.8) is 0 Å². The molecule has 0 aromatic rings. The lowest BCUT2D eigenvalue weighted by atomic mass is 9.73. The van der Waals surface area contributed by atoms with Gasteiger partial charge in [0.1, 0.15) is 12.2 Å². The van der Waals surface area contributed by atoms with Gasteiger partial charge in [0.2, 0.25) is 0 Å². The van der Waals surface area contributed by atoms with Crippen LogP contribution in [-0.2, 0) is 33.4 Å². The summed E-state index contributed by atoms with van der Waals surface area (Å²) in [5.41, 5.74) is -2.04. The molecule has 5 unspecified atom stereocenters. The summed E-state index contributed by atoms with van der Waals surface area (Å²) in [6, 6.07) is 0. The number of carbonyl (C=O) groups excluding carboxylic acids is 3. The topological polar surface area (TPSA) is 116 Å². The third kappa shape index (κ3) is 4.89. The van der Waals surface area contributed by atoms with Gasteiger partial charge >= 0.3 is 36.2 Å². The predicted molar refractivity (Wildman–Crippen MR) is 97.7 cm³/mol. The van der Waals surface area contributed by atoms with Crippen LogP contribution in [0.3, 0.4) is 0 Å². The first-order valence-electron chi connectivity index (χ1n) is 9.64. The highest BCUT2D eigenvalue weighted by molar-refractivity contribution is 6.03. The van der Waals surface area contributed by atoms with Crippen LogP contribution in [0.2, 0.25) is 0 Å². The van der Waals surface area contributed by atoms with Crippen LogP contribution in [0, 0.1) is 17.3 Å².